The Morgan fingerprint density at radius 2 is 2.32 bits per heavy atom. The summed E-state index contributed by atoms with van der Waals surface area (Å²) in [5.74, 6) is 0.506. The van der Waals surface area contributed by atoms with Crippen molar-refractivity contribution < 1.29 is 9.53 Å². The van der Waals surface area contributed by atoms with Crippen LogP contribution in [0.1, 0.15) is 13.3 Å². The Balaban J connectivity index is 2.52. The molecule has 1 amide bonds. The molecule has 0 bridgehead atoms. The van der Waals surface area contributed by atoms with E-state index in [1.807, 2.05) is 6.92 Å². The molecule has 0 heterocycles. The zero-order valence-electron chi connectivity index (χ0n) is 11.0. The minimum atomic E-state index is -0.125. The first-order valence-electron chi connectivity index (χ1n) is 6.21. The Morgan fingerprint density at radius 3 is 2.95 bits per heavy atom. The number of benzene rings is 1. The van der Waals surface area contributed by atoms with E-state index in [2.05, 4.69) is 17.2 Å². The van der Waals surface area contributed by atoms with Crippen LogP contribution in [0.2, 0.25) is 5.02 Å². The molecule has 2 N–H and O–H groups in total. The molecule has 0 fully saturated rings. The maximum Gasteiger partial charge on any atom is 0.238 e. The first-order valence-corrected chi connectivity index (χ1v) is 6.59. The van der Waals surface area contributed by atoms with E-state index < -0.39 is 0 Å². The van der Waals surface area contributed by atoms with Crippen LogP contribution < -0.4 is 15.4 Å². The number of carbonyl (C=O) groups excluding carboxylic acids is 1. The van der Waals surface area contributed by atoms with Gasteiger partial charge in [-0.15, -0.1) is 6.58 Å². The summed E-state index contributed by atoms with van der Waals surface area (Å²) in [5, 5.41) is 6.16. The van der Waals surface area contributed by atoms with E-state index in [0.29, 0.717) is 29.6 Å². The van der Waals surface area contributed by atoms with Crippen molar-refractivity contribution in [3.8, 4) is 5.75 Å². The number of carbonyl (C=O) groups is 1. The lowest BCUT2D eigenvalue weighted by molar-refractivity contribution is -0.115. The Hall–Kier alpha value is -1.52. The number of anilines is 1. The van der Waals surface area contributed by atoms with Crippen LogP contribution in [0.3, 0.4) is 0 Å². The van der Waals surface area contributed by atoms with Gasteiger partial charge in [0.05, 0.1) is 18.2 Å². The predicted molar refractivity (Wildman–Crippen MR) is 78.9 cm³/mol. The molecule has 0 radical (unpaired) electrons. The van der Waals surface area contributed by atoms with Crippen molar-refractivity contribution in [2.75, 3.05) is 25.0 Å². The van der Waals surface area contributed by atoms with Crippen LogP contribution in [0, 0.1) is 0 Å². The van der Waals surface area contributed by atoms with Crippen molar-refractivity contribution in [3.05, 3.63) is 35.9 Å². The third-order valence-electron chi connectivity index (χ3n) is 2.25. The molecule has 0 aromatic heterocycles. The zero-order valence-corrected chi connectivity index (χ0v) is 11.8. The van der Waals surface area contributed by atoms with Gasteiger partial charge >= 0.3 is 0 Å². The molecule has 0 spiro atoms. The Labute approximate surface area is 118 Å². The summed E-state index contributed by atoms with van der Waals surface area (Å²) in [5.41, 5.74) is 0.652. The number of halogens is 1. The molecule has 0 atom stereocenters. The normalized spacial score (nSPS) is 10.0. The topological polar surface area (TPSA) is 50.4 Å². The fraction of sp³-hybridized carbons (Fsp3) is 0.357. The van der Waals surface area contributed by atoms with Gasteiger partial charge < -0.3 is 15.4 Å². The van der Waals surface area contributed by atoms with Crippen molar-refractivity contribution in [2.24, 2.45) is 0 Å². The quantitative estimate of drug-likeness (QED) is 0.569. The predicted octanol–water partition coefficient (Wildman–Crippen LogP) is 2.84. The number of amides is 1. The van der Waals surface area contributed by atoms with Gasteiger partial charge in [0.15, 0.2) is 0 Å². The van der Waals surface area contributed by atoms with Gasteiger partial charge in [0.2, 0.25) is 5.91 Å². The number of hydrogen-bond donors (Lipinski definition) is 2. The Bertz CT molecular complexity index is 435. The Morgan fingerprint density at radius 1 is 1.53 bits per heavy atom. The highest BCUT2D eigenvalue weighted by Crippen LogP contribution is 2.27. The maximum atomic E-state index is 11.6. The first-order chi connectivity index (χ1) is 9.17. The highest BCUT2D eigenvalue weighted by Gasteiger charge is 2.05. The molecule has 19 heavy (non-hydrogen) atoms. The van der Waals surface area contributed by atoms with Crippen LogP contribution >= 0.6 is 11.6 Å². The van der Waals surface area contributed by atoms with E-state index >= 15 is 0 Å². The van der Waals surface area contributed by atoms with Gasteiger partial charge in [-0.3, -0.25) is 4.79 Å². The zero-order chi connectivity index (χ0) is 14.1. The molecule has 0 aliphatic rings. The summed E-state index contributed by atoms with van der Waals surface area (Å²) in [6.45, 7) is 7.04. The minimum absolute atomic E-state index is 0.125. The summed E-state index contributed by atoms with van der Waals surface area (Å²) in [7, 11) is 0. The second kappa shape index (κ2) is 8.56. The van der Waals surface area contributed by atoms with Crippen molar-refractivity contribution in [3.63, 3.8) is 0 Å². The summed E-state index contributed by atoms with van der Waals surface area (Å²) >= 11 is 6.07. The average molecular weight is 283 g/mol. The molecule has 0 unspecified atom stereocenters. The average Bonchev–Trinajstić information content (AvgIpc) is 2.38. The minimum Gasteiger partial charge on any atom is -0.492 e. The lowest BCUT2D eigenvalue weighted by Crippen LogP contribution is -2.28. The van der Waals surface area contributed by atoms with Gasteiger partial charge in [0.1, 0.15) is 5.75 Å². The molecular weight excluding hydrogens is 264 g/mol. The van der Waals surface area contributed by atoms with Crippen LogP contribution in [0.15, 0.2) is 30.9 Å². The van der Waals surface area contributed by atoms with Crippen molar-refractivity contribution >= 4 is 23.2 Å². The molecule has 0 saturated carbocycles. The van der Waals surface area contributed by atoms with E-state index in [4.69, 9.17) is 16.3 Å². The highest BCUT2D eigenvalue weighted by molar-refractivity contribution is 6.32. The van der Waals surface area contributed by atoms with Crippen LogP contribution in [0.4, 0.5) is 5.69 Å². The molecule has 1 rings (SSSR count). The fourth-order valence-electron chi connectivity index (χ4n) is 1.40. The van der Waals surface area contributed by atoms with Gasteiger partial charge in [0.25, 0.3) is 0 Å². The molecule has 104 valence electrons. The van der Waals surface area contributed by atoms with E-state index in [0.717, 1.165) is 6.42 Å². The number of ether oxygens (including phenoxy) is 1. The lowest BCUT2D eigenvalue weighted by Gasteiger charge is -2.10. The van der Waals surface area contributed by atoms with Crippen molar-refractivity contribution in [1.29, 1.82) is 0 Å². The van der Waals surface area contributed by atoms with Gasteiger partial charge in [0, 0.05) is 12.2 Å². The fourth-order valence-corrected chi connectivity index (χ4v) is 1.64. The van der Waals surface area contributed by atoms with Gasteiger partial charge in [-0.05, 0) is 24.6 Å². The summed E-state index contributed by atoms with van der Waals surface area (Å²) in [6, 6.07) is 5.20. The monoisotopic (exact) mass is 282 g/mol. The van der Waals surface area contributed by atoms with Gasteiger partial charge in [-0.2, -0.15) is 0 Å². The van der Waals surface area contributed by atoms with Crippen molar-refractivity contribution in [2.45, 2.75) is 13.3 Å². The SMILES string of the molecule is C=CCNCC(=O)Nc1ccc(OCCC)c(Cl)c1. The number of rotatable bonds is 8. The highest BCUT2D eigenvalue weighted by atomic mass is 35.5. The van der Waals surface area contributed by atoms with Crippen molar-refractivity contribution in [1.82, 2.24) is 5.32 Å². The summed E-state index contributed by atoms with van der Waals surface area (Å²) in [4.78, 5) is 11.6. The standard InChI is InChI=1S/C14H19ClN2O2/c1-3-7-16-10-14(18)17-11-5-6-13(12(15)9-11)19-8-4-2/h3,5-6,9,16H,1,4,7-8,10H2,2H3,(H,17,18). The summed E-state index contributed by atoms with van der Waals surface area (Å²) in [6.07, 6.45) is 2.62. The second-order valence-corrected chi connectivity index (χ2v) is 4.37. The Kier molecular flexibility index (Phi) is 7.00. The van der Waals surface area contributed by atoms with Crippen LogP contribution in [-0.4, -0.2) is 25.6 Å². The van der Waals surface area contributed by atoms with Crippen LogP contribution in [-0.2, 0) is 4.79 Å². The molecule has 0 aliphatic carbocycles. The number of nitrogens with one attached hydrogen (secondary N) is 2. The van der Waals surface area contributed by atoms with E-state index in [1.165, 1.54) is 0 Å². The van der Waals surface area contributed by atoms with E-state index in [-0.39, 0.29) is 12.5 Å². The smallest absolute Gasteiger partial charge is 0.238 e. The molecule has 1 aromatic rings. The summed E-state index contributed by atoms with van der Waals surface area (Å²) < 4.78 is 5.46. The number of hydrogen-bond acceptors (Lipinski definition) is 3. The van der Waals surface area contributed by atoms with Gasteiger partial charge in [-0.25, -0.2) is 0 Å². The van der Waals surface area contributed by atoms with E-state index in [1.54, 1.807) is 24.3 Å². The van der Waals surface area contributed by atoms with Crippen LogP contribution in [0.5, 0.6) is 5.75 Å². The second-order valence-electron chi connectivity index (χ2n) is 3.96. The van der Waals surface area contributed by atoms with Crippen LogP contribution in [0.25, 0.3) is 0 Å². The molecule has 4 nitrogen and oxygen atoms in total. The van der Waals surface area contributed by atoms with E-state index in [9.17, 15) is 4.79 Å². The molecule has 5 heteroatoms. The third-order valence-corrected chi connectivity index (χ3v) is 2.55. The molecule has 0 aliphatic heterocycles. The first kappa shape index (κ1) is 15.5. The molecule has 1 aromatic carbocycles. The molecular formula is C14H19ClN2O2. The largest absolute Gasteiger partial charge is 0.492 e. The maximum absolute atomic E-state index is 11.6. The third kappa shape index (κ3) is 5.77. The lowest BCUT2D eigenvalue weighted by atomic mass is 10.3. The van der Waals surface area contributed by atoms with Gasteiger partial charge in [-0.1, -0.05) is 24.6 Å². The molecule has 0 saturated heterocycles.